The lowest BCUT2D eigenvalue weighted by atomic mass is 10.1. The van der Waals surface area contributed by atoms with Gasteiger partial charge in [-0.3, -0.25) is 14.6 Å². The number of carbonyl (C=O) groups is 2. The molecule has 0 atom stereocenters. The fraction of sp³-hybridized carbons (Fsp3) is 0.0952. The molecule has 0 aliphatic heterocycles. The minimum absolute atomic E-state index is 0.0820. The van der Waals surface area contributed by atoms with Crippen LogP contribution in [0.1, 0.15) is 21.5 Å². The zero-order valence-electron chi connectivity index (χ0n) is 14.5. The van der Waals surface area contributed by atoms with Gasteiger partial charge in [-0.2, -0.15) is 0 Å². The third-order valence-electron chi connectivity index (χ3n) is 3.92. The highest BCUT2D eigenvalue weighted by Gasteiger charge is 2.10. The van der Waals surface area contributed by atoms with E-state index in [2.05, 4.69) is 31.5 Å². The van der Waals surface area contributed by atoms with E-state index in [0.29, 0.717) is 24.2 Å². The quantitative estimate of drug-likeness (QED) is 0.630. The molecule has 27 heavy (non-hydrogen) atoms. The number of hydrogen-bond acceptors (Lipinski definition) is 3. The van der Waals surface area contributed by atoms with Gasteiger partial charge in [0.1, 0.15) is 0 Å². The maximum Gasteiger partial charge on any atom is 0.257 e. The molecule has 2 amide bonds. The van der Waals surface area contributed by atoms with Gasteiger partial charge in [-0.15, -0.1) is 0 Å². The number of rotatable bonds is 6. The average molecular weight is 424 g/mol. The molecule has 2 N–H and O–H groups in total. The van der Waals surface area contributed by atoms with E-state index >= 15 is 0 Å². The van der Waals surface area contributed by atoms with Crippen molar-refractivity contribution < 1.29 is 9.59 Å². The van der Waals surface area contributed by atoms with E-state index in [-0.39, 0.29) is 11.8 Å². The van der Waals surface area contributed by atoms with Crippen LogP contribution in [0.3, 0.4) is 0 Å². The minimum Gasteiger partial charge on any atom is -0.352 e. The lowest BCUT2D eigenvalue weighted by Crippen LogP contribution is -2.25. The monoisotopic (exact) mass is 423 g/mol. The molecule has 1 aromatic heterocycles. The van der Waals surface area contributed by atoms with Crippen molar-refractivity contribution in [2.75, 3.05) is 5.32 Å². The zero-order valence-corrected chi connectivity index (χ0v) is 16.1. The second-order valence-corrected chi connectivity index (χ2v) is 6.85. The topological polar surface area (TPSA) is 71.1 Å². The Morgan fingerprint density at radius 2 is 1.85 bits per heavy atom. The van der Waals surface area contributed by atoms with Gasteiger partial charge in [-0.05, 0) is 41.5 Å². The molecule has 3 rings (SSSR count). The number of nitrogens with one attached hydrogen (secondary N) is 2. The number of carbonyl (C=O) groups excluding carboxylic acids is 2. The molecule has 136 valence electrons. The first-order valence-corrected chi connectivity index (χ1v) is 9.21. The summed E-state index contributed by atoms with van der Waals surface area (Å²) >= 11 is 3.40. The largest absolute Gasteiger partial charge is 0.352 e. The lowest BCUT2D eigenvalue weighted by molar-refractivity contribution is -0.120. The second-order valence-electron chi connectivity index (χ2n) is 5.94. The van der Waals surface area contributed by atoms with Gasteiger partial charge in [0.05, 0.1) is 12.0 Å². The van der Waals surface area contributed by atoms with Crippen molar-refractivity contribution in [2.45, 2.75) is 13.0 Å². The molecule has 0 saturated carbocycles. The molecule has 0 saturated heterocycles. The first-order valence-electron chi connectivity index (χ1n) is 8.42. The predicted molar refractivity (Wildman–Crippen MR) is 108 cm³/mol. The Morgan fingerprint density at radius 1 is 1.00 bits per heavy atom. The Labute approximate surface area is 166 Å². The highest BCUT2D eigenvalue weighted by molar-refractivity contribution is 9.10. The maximum absolute atomic E-state index is 12.3. The van der Waals surface area contributed by atoms with Gasteiger partial charge >= 0.3 is 0 Å². The molecule has 0 spiro atoms. The molecule has 0 aliphatic rings. The number of amides is 2. The summed E-state index contributed by atoms with van der Waals surface area (Å²) < 4.78 is 0.941. The van der Waals surface area contributed by atoms with Crippen molar-refractivity contribution in [1.29, 1.82) is 0 Å². The lowest BCUT2D eigenvalue weighted by Gasteiger charge is -2.12. The summed E-state index contributed by atoms with van der Waals surface area (Å²) in [6, 6.07) is 18.4. The van der Waals surface area contributed by atoms with Crippen molar-refractivity contribution in [1.82, 2.24) is 10.3 Å². The van der Waals surface area contributed by atoms with Crippen LogP contribution in [0.25, 0.3) is 0 Å². The molecule has 0 fully saturated rings. The fourth-order valence-electron chi connectivity index (χ4n) is 2.58. The Balaban J connectivity index is 1.62. The number of halogens is 1. The minimum atomic E-state index is -0.240. The van der Waals surface area contributed by atoms with Gasteiger partial charge < -0.3 is 10.6 Å². The van der Waals surface area contributed by atoms with Crippen molar-refractivity contribution in [2.24, 2.45) is 0 Å². The normalized spacial score (nSPS) is 10.3. The number of benzene rings is 2. The molecule has 0 aliphatic carbocycles. The van der Waals surface area contributed by atoms with Crippen LogP contribution in [-0.4, -0.2) is 16.8 Å². The third-order valence-corrected chi connectivity index (χ3v) is 4.41. The number of hydrogen-bond donors (Lipinski definition) is 2. The van der Waals surface area contributed by atoms with E-state index in [0.717, 1.165) is 15.6 Å². The number of para-hydroxylation sites is 1. The van der Waals surface area contributed by atoms with Crippen LogP contribution in [0.5, 0.6) is 0 Å². The molecule has 0 bridgehead atoms. The van der Waals surface area contributed by atoms with Crippen molar-refractivity contribution >= 4 is 33.4 Å². The van der Waals surface area contributed by atoms with E-state index in [9.17, 15) is 9.59 Å². The molecule has 1 heterocycles. The highest BCUT2D eigenvalue weighted by Crippen LogP contribution is 2.16. The number of nitrogens with zero attached hydrogens (tertiary/aromatic N) is 1. The van der Waals surface area contributed by atoms with Crippen LogP contribution in [-0.2, 0) is 17.8 Å². The first-order chi connectivity index (χ1) is 13.1. The summed E-state index contributed by atoms with van der Waals surface area (Å²) in [6.07, 6.45) is 3.42. The summed E-state index contributed by atoms with van der Waals surface area (Å²) in [5.74, 6) is -0.322. The second kappa shape index (κ2) is 9.09. The third kappa shape index (κ3) is 5.49. The summed E-state index contributed by atoms with van der Waals surface area (Å²) in [4.78, 5) is 28.5. The predicted octanol–water partition coefficient (Wildman–Crippen LogP) is 3.96. The molecular formula is C21H18BrN3O2. The molecule has 5 nitrogen and oxygen atoms in total. The average Bonchev–Trinajstić information content (AvgIpc) is 2.68. The van der Waals surface area contributed by atoms with Crippen LogP contribution in [0.4, 0.5) is 5.69 Å². The van der Waals surface area contributed by atoms with E-state index in [1.54, 1.807) is 18.3 Å². The maximum atomic E-state index is 12.3. The first kappa shape index (κ1) is 18.8. The van der Waals surface area contributed by atoms with Gasteiger partial charge in [-0.1, -0.05) is 46.3 Å². The van der Waals surface area contributed by atoms with E-state index in [1.165, 1.54) is 6.20 Å². The van der Waals surface area contributed by atoms with Crippen LogP contribution in [0.2, 0.25) is 0 Å². The van der Waals surface area contributed by atoms with Crippen LogP contribution >= 0.6 is 15.9 Å². The van der Waals surface area contributed by atoms with E-state index in [4.69, 9.17) is 0 Å². The number of anilines is 1. The van der Waals surface area contributed by atoms with Gasteiger partial charge in [0.15, 0.2) is 0 Å². The zero-order chi connectivity index (χ0) is 19.1. The summed E-state index contributed by atoms with van der Waals surface area (Å²) in [5.41, 5.74) is 2.90. The Bertz CT molecular complexity index is 945. The number of pyridine rings is 1. The Kier molecular flexibility index (Phi) is 6.33. The Hall–Kier alpha value is -2.99. The van der Waals surface area contributed by atoms with E-state index in [1.807, 2.05) is 48.5 Å². The van der Waals surface area contributed by atoms with E-state index < -0.39 is 0 Å². The molecular weight excluding hydrogens is 406 g/mol. The van der Waals surface area contributed by atoms with Crippen LogP contribution in [0.15, 0.2) is 77.5 Å². The summed E-state index contributed by atoms with van der Waals surface area (Å²) in [7, 11) is 0. The van der Waals surface area contributed by atoms with Crippen molar-refractivity contribution in [3.63, 3.8) is 0 Å². The number of aromatic nitrogens is 1. The highest BCUT2D eigenvalue weighted by atomic mass is 79.9. The van der Waals surface area contributed by atoms with Gasteiger partial charge in [0.25, 0.3) is 5.91 Å². The standard InChI is InChI=1S/C21H18BrN3O2/c22-18-8-3-5-15(11-18)12-20(26)24-14-16-6-1-2-9-19(16)25-21(27)17-7-4-10-23-13-17/h1-11,13H,12,14H2,(H,24,26)(H,25,27). The molecule has 0 unspecified atom stereocenters. The van der Waals surface area contributed by atoms with Crippen molar-refractivity contribution in [3.05, 3.63) is 94.2 Å². The van der Waals surface area contributed by atoms with Crippen molar-refractivity contribution in [3.8, 4) is 0 Å². The molecule has 2 aromatic carbocycles. The fourth-order valence-corrected chi connectivity index (χ4v) is 3.02. The van der Waals surface area contributed by atoms with Gasteiger partial charge in [0, 0.05) is 29.1 Å². The van der Waals surface area contributed by atoms with Gasteiger partial charge in [0.2, 0.25) is 5.91 Å². The van der Waals surface area contributed by atoms with Crippen LogP contribution < -0.4 is 10.6 Å². The molecule has 3 aromatic rings. The SMILES string of the molecule is O=C(Cc1cccc(Br)c1)NCc1ccccc1NC(=O)c1cccnc1. The van der Waals surface area contributed by atoms with Gasteiger partial charge in [-0.25, -0.2) is 0 Å². The summed E-state index contributed by atoms with van der Waals surface area (Å²) in [5, 5.41) is 5.77. The molecule has 6 heteroatoms. The Morgan fingerprint density at radius 3 is 2.63 bits per heavy atom. The van der Waals surface area contributed by atoms with Crippen LogP contribution in [0, 0.1) is 0 Å². The molecule has 0 radical (unpaired) electrons. The summed E-state index contributed by atoms with van der Waals surface area (Å²) in [6.45, 7) is 0.330. The smallest absolute Gasteiger partial charge is 0.257 e.